The van der Waals surface area contributed by atoms with Crippen LogP contribution in [-0.2, 0) is 9.47 Å². The van der Waals surface area contributed by atoms with Crippen molar-refractivity contribution in [1.82, 2.24) is 4.90 Å². The molecule has 4 heteroatoms. The van der Waals surface area contributed by atoms with Gasteiger partial charge in [-0.15, -0.1) is 0 Å². The van der Waals surface area contributed by atoms with Crippen molar-refractivity contribution in [2.24, 2.45) is 0 Å². The zero-order chi connectivity index (χ0) is 17.3. The van der Waals surface area contributed by atoms with E-state index in [2.05, 4.69) is 31.2 Å². The standard InChI is InChI=1S/C19H27NO3/c1-14-7-9-15(10-8-14)11-12-16-13-22-19(5,6)20(16)17(21)23-18(2,3)4/h7-12,16H,13H2,1-6H3/b12-11+/t16-/m1/s1. The molecule has 1 aliphatic rings. The summed E-state index contributed by atoms with van der Waals surface area (Å²) in [7, 11) is 0. The van der Waals surface area contributed by atoms with Crippen molar-refractivity contribution in [3.8, 4) is 0 Å². The van der Waals surface area contributed by atoms with Crippen LogP contribution in [0, 0.1) is 6.92 Å². The maximum atomic E-state index is 12.5. The summed E-state index contributed by atoms with van der Waals surface area (Å²) in [5.74, 6) is 0. The van der Waals surface area contributed by atoms with Gasteiger partial charge in [-0.1, -0.05) is 42.0 Å². The number of amides is 1. The first-order chi connectivity index (χ1) is 10.6. The number of nitrogens with zero attached hydrogens (tertiary/aromatic N) is 1. The van der Waals surface area contributed by atoms with Gasteiger partial charge in [-0.05, 0) is 47.1 Å². The second-order valence-electron chi connectivity index (χ2n) is 7.45. The number of carbonyl (C=O) groups excluding carboxylic acids is 1. The lowest BCUT2D eigenvalue weighted by Crippen LogP contribution is -2.49. The van der Waals surface area contributed by atoms with Crippen LogP contribution in [0.1, 0.15) is 45.7 Å². The summed E-state index contributed by atoms with van der Waals surface area (Å²) in [5, 5.41) is 0. The van der Waals surface area contributed by atoms with Gasteiger partial charge in [0.2, 0.25) is 0 Å². The van der Waals surface area contributed by atoms with Gasteiger partial charge in [-0.2, -0.15) is 0 Å². The van der Waals surface area contributed by atoms with Gasteiger partial charge in [0.05, 0.1) is 12.6 Å². The molecule has 1 aliphatic heterocycles. The van der Waals surface area contributed by atoms with E-state index in [9.17, 15) is 4.79 Å². The maximum absolute atomic E-state index is 12.5. The minimum Gasteiger partial charge on any atom is -0.444 e. The van der Waals surface area contributed by atoms with E-state index in [0.29, 0.717) is 6.61 Å². The third kappa shape index (κ3) is 4.58. The van der Waals surface area contributed by atoms with Crippen LogP contribution in [0.25, 0.3) is 6.08 Å². The molecule has 0 bridgehead atoms. The summed E-state index contributed by atoms with van der Waals surface area (Å²) in [4.78, 5) is 14.2. The Kier molecular flexibility index (Phi) is 4.85. The van der Waals surface area contributed by atoms with Crippen LogP contribution < -0.4 is 0 Å². The van der Waals surface area contributed by atoms with E-state index in [1.807, 2.05) is 46.8 Å². The molecule has 0 N–H and O–H groups in total. The molecule has 1 heterocycles. The third-order valence-electron chi connectivity index (χ3n) is 3.70. The third-order valence-corrected chi connectivity index (χ3v) is 3.70. The Morgan fingerprint density at radius 3 is 2.48 bits per heavy atom. The van der Waals surface area contributed by atoms with Crippen LogP contribution in [0.5, 0.6) is 0 Å². The average molecular weight is 317 g/mol. The lowest BCUT2D eigenvalue weighted by atomic mass is 10.1. The largest absolute Gasteiger partial charge is 0.444 e. The van der Waals surface area contributed by atoms with E-state index >= 15 is 0 Å². The van der Waals surface area contributed by atoms with Gasteiger partial charge >= 0.3 is 6.09 Å². The zero-order valence-electron chi connectivity index (χ0n) is 14.9. The molecule has 1 saturated heterocycles. The molecule has 0 unspecified atom stereocenters. The summed E-state index contributed by atoms with van der Waals surface area (Å²) in [6.07, 6.45) is 3.67. The molecule has 0 aliphatic carbocycles. The predicted molar refractivity (Wildman–Crippen MR) is 92.1 cm³/mol. The number of ether oxygens (including phenoxy) is 2. The van der Waals surface area contributed by atoms with Crippen LogP contribution in [0.15, 0.2) is 30.3 Å². The molecule has 126 valence electrons. The summed E-state index contributed by atoms with van der Waals surface area (Å²) < 4.78 is 11.3. The van der Waals surface area contributed by atoms with Crippen LogP contribution in [0.4, 0.5) is 4.79 Å². The first kappa shape index (κ1) is 17.5. The first-order valence-corrected chi connectivity index (χ1v) is 8.00. The van der Waals surface area contributed by atoms with E-state index < -0.39 is 11.3 Å². The van der Waals surface area contributed by atoms with Crippen LogP contribution >= 0.6 is 0 Å². The normalized spacial score (nSPS) is 21.0. The minimum atomic E-state index is -0.676. The van der Waals surface area contributed by atoms with Crippen molar-refractivity contribution in [2.45, 2.75) is 58.9 Å². The molecule has 0 saturated carbocycles. The summed E-state index contributed by atoms with van der Waals surface area (Å²) in [6, 6.07) is 8.12. The number of carbonyl (C=O) groups is 1. The summed E-state index contributed by atoms with van der Waals surface area (Å²) >= 11 is 0. The summed E-state index contributed by atoms with van der Waals surface area (Å²) in [5.41, 5.74) is 1.12. The number of aryl methyl sites for hydroxylation is 1. The monoisotopic (exact) mass is 317 g/mol. The van der Waals surface area contributed by atoms with Crippen molar-refractivity contribution in [3.63, 3.8) is 0 Å². The number of rotatable bonds is 2. The zero-order valence-corrected chi connectivity index (χ0v) is 14.9. The highest BCUT2D eigenvalue weighted by molar-refractivity contribution is 5.70. The van der Waals surface area contributed by atoms with Crippen molar-refractivity contribution < 1.29 is 14.3 Å². The summed E-state index contributed by atoms with van der Waals surface area (Å²) in [6.45, 7) is 11.9. The molecule has 23 heavy (non-hydrogen) atoms. The molecule has 1 atom stereocenters. The van der Waals surface area contributed by atoms with Gasteiger partial charge in [0.1, 0.15) is 11.3 Å². The van der Waals surface area contributed by atoms with Gasteiger partial charge in [0, 0.05) is 0 Å². The van der Waals surface area contributed by atoms with Gasteiger partial charge < -0.3 is 9.47 Å². The fourth-order valence-electron chi connectivity index (χ4n) is 2.54. The molecule has 2 rings (SSSR count). The Hall–Kier alpha value is -1.81. The first-order valence-electron chi connectivity index (χ1n) is 8.00. The predicted octanol–water partition coefficient (Wildman–Crippen LogP) is 4.38. The van der Waals surface area contributed by atoms with E-state index in [1.54, 1.807) is 4.90 Å². The Labute approximate surface area is 139 Å². The Morgan fingerprint density at radius 1 is 1.30 bits per heavy atom. The number of hydrogen-bond donors (Lipinski definition) is 0. The van der Waals surface area contributed by atoms with Crippen molar-refractivity contribution in [3.05, 3.63) is 41.5 Å². The maximum Gasteiger partial charge on any atom is 0.413 e. The van der Waals surface area contributed by atoms with Crippen molar-refractivity contribution >= 4 is 12.2 Å². The topological polar surface area (TPSA) is 38.8 Å². The van der Waals surface area contributed by atoms with Crippen LogP contribution in [0.3, 0.4) is 0 Å². The molecule has 1 amide bonds. The smallest absolute Gasteiger partial charge is 0.413 e. The molecule has 0 aromatic heterocycles. The van der Waals surface area contributed by atoms with Gasteiger partial charge in [-0.3, -0.25) is 4.90 Å². The fourth-order valence-corrected chi connectivity index (χ4v) is 2.54. The molecule has 4 nitrogen and oxygen atoms in total. The molecule has 1 aromatic carbocycles. The lowest BCUT2D eigenvalue weighted by molar-refractivity contribution is -0.0610. The SMILES string of the molecule is Cc1ccc(/C=C/[C@@H]2COC(C)(C)N2C(=O)OC(C)(C)C)cc1. The van der Waals surface area contributed by atoms with Gasteiger partial charge in [0.15, 0.2) is 0 Å². The quantitative estimate of drug-likeness (QED) is 0.812. The van der Waals surface area contributed by atoms with E-state index in [4.69, 9.17) is 9.47 Å². The highest BCUT2D eigenvalue weighted by Gasteiger charge is 2.44. The Balaban J connectivity index is 2.16. The molecule has 0 spiro atoms. The molecular formula is C19H27NO3. The second-order valence-corrected chi connectivity index (χ2v) is 7.45. The molecule has 0 radical (unpaired) electrons. The van der Waals surface area contributed by atoms with E-state index in [-0.39, 0.29) is 12.1 Å². The van der Waals surface area contributed by atoms with Crippen molar-refractivity contribution in [2.75, 3.05) is 6.61 Å². The van der Waals surface area contributed by atoms with E-state index in [0.717, 1.165) is 5.56 Å². The highest BCUT2D eigenvalue weighted by Crippen LogP contribution is 2.30. The molecular weight excluding hydrogens is 290 g/mol. The van der Waals surface area contributed by atoms with Gasteiger partial charge in [-0.25, -0.2) is 4.79 Å². The number of hydrogen-bond acceptors (Lipinski definition) is 3. The lowest BCUT2D eigenvalue weighted by Gasteiger charge is -2.34. The highest BCUT2D eigenvalue weighted by atomic mass is 16.6. The molecule has 1 fully saturated rings. The average Bonchev–Trinajstić information content (AvgIpc) is 2.71. The Bertz CT molecular complexity index is 582. The van der Waals surface area contributed by atoms with Gasteiger partial charge in [0.25, 0.3) is 0 Å². The van der Waals surface area contributed by atoms with Crippen LogP contribution in [0.2, 0.25) is 0 Å². The Morgan fingerprint density at radius 2 is 1.91 bits per heavy atom. The molecule has 1 aromatic rings. The number of benzene rings is 1. The fraction of sp³-hybridized carbons (Fsp3) is 0.526. The van der Waals surface area contributed by atoms with Crippen molar-refractivity contribution in [1.29, 1.82) is 0 Å². The minimum absolute atomic E-state index is 0.138. The van der Waals surface area contributed by atoms with E-state index in [1.165, 1.54) is 5.56 Å². The van der Waals surface area contributed by atoms with Crippen LogP contribution in [-0.4, -0.2) is 35.0 Å². The second kappa shape index (κ2) is 6.36.